The van der Waals surface area contributed by atoms with Crippen molar-refractivity contribution in [2.45, 2.75) is 116 Å². The number of anilines is 2. The maximum atomic E-state index is 6.00. The van der Waals surface area contributed by atoms with E-state index in [-0.39, 0.29) is 0 Å². The minimum Gasteiger partial charge on any atom is -0.399 e. The molecule has 0 aliphatic rings. The molecule has 0 bridgehead atoms. The zero-order valence-corrected chi connectivity index (χ0v) is 28.3. The molecule has 4 rings (SSSR count). The maximum absolute atomic E-state index is 6.00. The van der Waals surface area contributed by atoms with Crippen LogP contribution in [0.15, 0.2) is 97.1 Å². The van der Waals surface area contributed by atoms with Gasteiger partial charge in [0.25, 0.3) is 0 Å². The van der Waals surface area contributed by atoms with E-state index < -0.39 is 0 Å². The Morgan fingerprint density at radius 3 is 1.11 bits per heavy atom. The van der Waals surface area contributed by atoms with Gasteiger partial charge in [0, 0.05) is 23.2 Å². The van der Waals surface area contributed by atoms with Crippen molar-refractivity contribution in [3.05, 3.63) is 130 Å². The summed E-state index contributed by atoms with van der Waals surface area (Å²) in [5.74, 6) is 1.51. The Kier molecular flexibility index (Phi) is 14.1. The van der Waals surface area contributed by atoms with Crippen LogP contribution in [-0.4, -0.2) is 0 Å². The van der Waals surface area contributed by atoms with Crippen molar-refractivity contribution >= 4 is 11.4 Å². The largest absolute Gasteiger partial charge is 0.399 e. The van der Waals surface area contributed by atoms with Gasteiger partial charge in [-0.1, -0.05) is 145 Å². The Bertz CT molecular complexity index is 1250. The van der Waals surface area contributed by atoms with Crippen LogP contribution in [0.3, 0.4) is 0 Å². The normalized spacial score (nSPS) is 13.4. The first-order chi connectivity index (χ1) is 22.0. The van der Waals surface area contributed by atoms with E-state index in [1.54, 1.807) is 0 Å². The second-order valence-electron chi connectivity index (χ2n) is 13.3. The number of nitrogens with two attached hydrogens (primary N) is 2. The summed E-state index contributed by atoms with van der Waals surface area (Å²) in [6.07, 6.45) is 16.1. The van der Waals surface area contributed by atoms with Gasteiger partial charge in [0.1, 0.15) is 0 Å². The minimum atomic E-state index is 0.428. The van der Waals surface area contributed by atoms with Gasteiger partial charge in [0.15, 0.2) is 0 Å². The lowest BCUT2D eigenvalue weighted by atomic mass is 9.84. The van der Waals surface area contributed by atoms with E-state index in [9.17, 15) is 0 Å². The average Bonchev–Trinajstić information content (AvgIpc) is 3.06. The molecule has 2 heteroatoms. The first-order valence-electron chi connectivity index (χ1n) is 17.9. The van der Waals surface area contributed by atoms with Crippen LogP contribution in [0.1, 0.15) is 137 Å². The standard InChI is InChI=1S/C43H58N2/c1-4-7-10-11-12-35(31-33-15-19-36(20-16-33)42(13-8-5-2)38-23-27-40(44)28-24-38)32-34-17-21-37(22-18-34)43(14-9-6-3)39-25-29-41(45)30-26-39/h15-30,35,42-43H,4-14,31-32,44-45H2,1-3H3. The van der Waals surface area contributed by atoms with Crippen molar-refractivity contribution in [1.29, 1.82) is 0 Å². The minimum absolute atomic E-state index is 0.428. The fraction of sp³-hybridized carbons (Fsp3) is 0.442. The molecule has 0 saturated carbocycles. The summed E-state index contributed by atoms with van der Waals surface area (Å²) < 4.78 is 0. The first-order valence-corrected chi connectivity index (χ1v) is 17.9. The molecule has 4 aromatic carbocycles. The molecule has 0 aliphatic heterocycles. The number of nitrogen functional groups attached to an aromatic ring is 2. The third kappa shape index (κ3) is 10.8. The predicted molar refractivity (Wildman–Crippen MR) is 197 cm³/mol. The Hall–Kier alpha value is -3.52. The van der Waals surface area contributed by atoms with Crippen LogP contribution < -0.4 is 11.5 Å². The van der Waals surface area contributed by atoms with Crippen LogP contribution in [0.4, 0.5) is 11.4 Å². The molecule has 4 N–H and O–H groups in total. The predicted octanol–water partition coefficient (Wildman–Crippen LogP) is 11.9. The fourth-order valence-electron chi connectivity index (χ4n) is 6.90. The van der Waals surface area contributed by atoms with Crippen LogP contribution in [0, 0.1) is 5.92 Å². The summed E-state index contributed by atoms with van der Waals surface area (Å²) in [7, 11) is 0. The monoisotopic (exact) mass is 602 g/mol. The molecule has 0 amide bonds. The Balaban J connectivity index is 1.48. The van der Waals surface area contributed by atoms with Gasteiger partial charge >= 0.3 is 0 Å². The SMILES string of the molecule is CCCCCCC(Cc1ccc(C(CCCC)c2ccc(N)cc2)cc1)Cc1ccc(C(CCCC)c2ccc(N)cc2)cc1. The Morgan fingerprint density at radius 2 is 0.756 bits per heavy atom. The molecule has 240 valence electrons. The number of hydrogen-bond donors (Lipinski definition) is 2. The molecule has 0 aromatic heterocycles. The topological polar surface area (TPSA) is 52.0 Å². The molecule has 0 radical (unpaired) electrons. The van der Waals surface area contributed by atoms with Crippen molar-refractivity contribution in [3.63, 3.8) is 0 Å². The third-order valence-corrected chi connectivity index (χ3v) is 9.65. The van der Waals surface area contributed by atoms with Gasteiger partial charge in [-0.25, -0.2) is 0 Å². The molecule has 0 heterocycles. The summed E-state index contributed by atoms with van der Waals surface area (Å²) in [4.78, 5) is 0. The molecule has 0 saturated heterocycles. The summed E-state index contributed by atoms with van der Waals surface area (Å²) in [5, 5.41) is 0. The van der Waals surface area contributed by atoms with Crippen molar-refractivity contribution in [1.82, 2.24) is 0 Å². The zero-order valence-electron chi connectivity index (χ0n) is 28.3. The molecule has 0 aliphatic carbocycles. The quantitative estimate of drug-likeness (QED) is 0.0828. The lowest BCUT2D eigenvalue weighted by molar-refractivity contribution is 0.449. The maximum Gasteiger partial charge on any atom is 0.0314 e. The molecule has 0 spiro atoms. The highest BCUT2D eigenvalue weighted by molar-refractivity contribution is 5.44. The van der Waals surface area contributed by atoms with Crippen molar-refractivity contribution < 1.29 is 0 Å². The van der Waals surface area contributed by atoms with Crippen molar-refractivity contribution in [3.8, 4) is 0 Å². The molecule has 2 atom stereocenters. The smallest absolute Gasteiger partial charge is 0.0314 e. The van der Waals surface area contributed by atoms with E-state index in [0.29, 0.717) is 17.8 Å². The van der Waals surface area contributed by atoms with Gasteiger partial charge in [-0.05, 0) is 95.7 Å². The van der Waals surface area contributed by atoms with Gasteiger partial charge in [-0.3, -0.25) is 0 Å². The molecule has 0 fully saturated rings. The van der Waals surface area contributed by atoms with Gasteiger partial charge in [0.2, 0.25) is 0 Å². The summed E-state index contributed by atoms with van der Waals surface area (Å²) >= 11 is 0. The number of unbranched alkanes of at least 4 members (excludes halogenated alkanes) is 5. The van der Waals surface area contributed by atoms with Crippen LogP contribution in [0.2, 0.25) is 0 Å². The number of rotatable bonds is 19. The Morgan fingerprint density at radius 1 is 0.400 bits per heavy atom. The fourth-order valence-corrected chi connectivity index (χ4v) is 6.90. The molecular formula is C43H58N2. The van der Waals surface area contributed by atoms with E-state index in [2.05, 4.69) is 93.6 Å². The molecule has 2 nitrogen and oxygen atoms in total. The second-order valence-corrected chi connectivity index (χ2v) is 13.3. The summed E-state index contributed by atoms with van der Waals surface area (Å²) in [6.45, 7) is 6.86. The van der Waals surface area contributed by atoms with Crippen LogP contribution in [0.5, 0.6) is 0 Å². The molecule has 2 unspecified atom stereocenters. The Labute approximate surface area is 274 Å². The molecular weight excluding hydrogens is 544 g/mol. The zero-order chi connectivity index (χ0) is 31.9. The van der Waals surface area contributed by atoms with Gasteiger partial charge in [-0.15, -0.1) is 0 Å². The summed E-state index contributed by atoms with van der Waals surface area (Å²) in [5.41, 5.74) is 22.2. The average molecular weight is 603 g/mol. The van der Waals surface area contributed by atoms with E-state index >= 15 is 0 Å². The van der Waals surface area contributed by atoms with Gasteiger partial charge in [0.05, 0.1) is 0 Å². The molecule has 4 aromatic rings. The summed E-state index contributed by atoms with van der Waals surface area (Å²) in [6, 6.07) is 36.2. The lowest BCUT2D eigenvalue weighted by Gasteiger charge is -2.21. The highest BCUT2D eigenvalue weighted by Crippen LogP contribution is 2.33. The van der Waals surface area contributed by atoms with Crippen LogP contribution in [-0.2, 0) is 12.8 Å². The van der Waals surface area contributed by atoms with Gasteiger partial charge < -0.3 is 11.5 Å². The van der Waals surface area contributed by atoms with Crippen molar-refractivity contribution in [2.24, 2.45) is 5.92 Å². The number of benzene rings is 4. The third-order valence-electron chi connectivity index (χ3n) is 9.65. The highest BCUT2D eigenvalue weighted by Gasteiger charge is 2.17. The van der Waals surface area contributed by atoms with E-state index in [1.165, 1.54) is 104 Å². The highest BCUT2D eigenvalue weighted by atomic mass is 14.5. The van der Waals surface area contributed by atoms with Gasteiger partial charge in [-0.2, -0.15) is 0 Å². The number of hydrogen-bond acceptors (Lipinski definition) is 2. The van der Waals surface area contributed by atoms with E-state index in [0.717, 1.165) is 24.2 Å². The lowest BCUT2D eigenvalue weighted by Crippen LogP contribution is -2.10. The van der Waals surface area contributed by atoms with E-state index in [1.807, 2.05) is 24.3 Å². The van der Waals surface area contributed by atoms with Crippen LogP contribution >= 0.6 is 0 Å². The van der Waals surface area contributed by atoms with Crippen LogP contribution in [0.25, 0.3) is 0 Å². The second kappa shape index (κ2) is 18.4. The molecule has 45 heavy (non-hydrogen) atoms. The van der Waals surface area contributed by atoms with E-state index in [4.69, 9.17) is 11.5 Å². The first kappa shape index (κ1) is 34.4. The van der Waals surface area contributed by atoms with Crippen molar-refractivity contribution in [2.75, 3.05) is 11.5 Å².